The predicted octanol–water partition coefficient (Wildman–Crippen LogP) is 3.68. The van der Waals surface area contributed by atoms with Gasteiger partial charge in [0.05, 0.1) is 23.4 Å². The van der Waals surface area contributed by atoms with E-state index in [1.54, 1.807) is 18.2 Å². The quantitative estimate of drug-likeness (QED) is 0.672. The van der Waals surface area contributed by atoms with Crippen molar-refractivity contribution in [1.29, 1.82) is 0 Å². The highest BCUT2D eigenvalue weighted by molar-refractivity contribution is 6.33. The number of benzene rings is 2. The maximum Gasteiger partial charge on any atom is 0.337 e. The molecule has 0 aliphatic heterocycles. The van der Waals surface area contributed by atoms with Crippen molar-refractivity contribution in [2.24, 2.45) is 0 Å². The van der Waals surface area contributed by atoms with Gasteiger partial charge < -0.3 is 10.5 Å². The second-order valence-electron chi connectivity index (χ2n) is 4.26. The Bertz CT molecular complexity index is 638. The second kappa shape index (κ2) is 5.33. The monoisotopic (exact) mass is 275 g/mol. The van der Waals surface area contributed by atoms with Gasteiger partial charge in [0.15, 0.2) is 0 Å². The van der Waals surface area contributed by atoms with Crippen LogP contribution in [0.3, 0.4) is 0 Å². The molecule has 0 heterocycles. The third-order valence-corrected chi connectivity index (χ3v) is 3.30. The Morgan fingerprint density at radius 1 is 1.21 bits per heavy atom. The zero-order valence-electron chi connectivity index (χ0n) is 10.7. The molecular weight excluding hydrogens is 262 g/mol. The van der Waals surface area contributed by atoms with Crippen molar-refractivity contribution < 1.29 is 9.53 Å². The van der Waals surface area contributed by atoms with Crippen LogP contribution in [0, 0.1) is 6.92 Å². The zero-order chi connectivity index (χ0) is 14.0. The number of anilines is 1. The van der Waals surface area contributed by atoms with Gasteiger partial charge >= 0.3 is 5.97 Å². The summed E-state index contributed by atoms with van der Waals surface area (Å²) in [6.07, 6.45) is 0. The lowest BCUT2D eigenvalue weighted by Crippen LogP contribution is -2.01. The van der Waals surface area contributed by atoms with E-state index in [4.69, 9.17) is 22.1 Å². The number of rotatable bonds is 2. The van der Waals surface area contributed by atoms with Crippen LogP contribution in [0.15, 0.2) is 36.4 Å². The number of aryl methyl sites for hydroxylation is 1. The average Bonchev–Trinajstić information content (AvgIpc) is 2.41. The summed E-state index contributed by atoms with van der Waals surface area (Å²) >= 11 is 5.91. The first-order valence-corrected chi connectivity index (χ1v) is 6.15. The Balaban J connectivity index is 2.46. The third kappa shape index (κ3) is 2.71. The Hall–Kier alpha value is -2.00. The lowest BCUT2D eigenvalue weighted by molar-refractivity contribution is 0.0600. The summed E-state index contributed by atoms with van der Waals surface area (Å²) in [7, 11) is 1.37. The van der Waals surface area contributed by atoms with Crippen LogP contribution in [0.5, 0.6) is 0 Å². The Morgan fingerprint density at radius 3 is 2.53 bits per heavy atom. The molecule has 0 saturated heterocycles. The summed E-state index contributed by atoms with van der Waals surface area (Å²) in [4.78, 5) is 11.5. The van der Waals surface area contributed by atoms with Crippen LogP contribution in [0.2, 0.25) is 5.02 Å². The first-order valence-electron chi connectivity index (χ1n) is 5.77. The number of halogens is 1. The minimum Gasteiger partial charge on any atom is -0.465 e. The number of carbonyl (C=O) groups is 1. The molecule has 98 valence electrons. The highest BCUT2D eigenvalue weighted by Gasteiger charge is 2.09. The van der Waals surface area contributed by atoms with E-state index < -0.39 is 0 Å². The average molecular weight is 276 g/mol. The number of esters is 1. The van der Waals surface area contributed by atoms with Crippen molar-refractivity contribution in [3.05, 3.63) is 52.5 Å². The SMILES string of the molecule is COC(=O)c1ccc(-c2ccc(Cl)c(N)c2)c(C)c1. The zero-order valence-corrected chi connectivity index (χ0v) is 11.5. The van der Waals surface area contributed by atoms with Gasteiger partial charge in [0.2, 0.25) is 0 Å². The molecule has 0 atom stereocenters. The minimum atomic E-state index is -0.342. The first-order chi connectivity index (χ1) is 9.02. The molecule has 0 amide bonds. The lowest BCUT2D eigenvalue weighted by atomic mass is 9.98. The number of nitrogen functional groups attached to an aromatic ring is 1. The van der Waals surface area contributed by atoms with Crippen molar-refractivity contribution in [2.45, 2.75) is 6.92 Å². The lowest BCUT2D eigenvalue weighted by Gasteiger charge is -2.09. The fourth-order valence-electron chi connectivity index (χ4n) is 1.94. The molecule has 0 fully saturated rings. The van der Waals surface area contributed by atoms with Gasteiger partial charge in [0.25, 0.3) is 0 Å². The largest absolute Gasteiger partial charge is 0.465 e. The van der Waals surface area contributed by atoms with Crippen molar-refractivity contribution in [3.63, 3.8) is 0 Å². The number of hydrogen-bond donors (Lipinski definition) is 1. The van der Waals surface area contributed by atoms with E-state index in [0.717, 1.165) is 16.7 Å². The maximum atomic E-state index is 11.5. The molecule has 0 bridgehead atoms. The molecule has 2 aromatic carbocycles. The summed E-state index contributed by atoms with van der Waals surface area (Å²) in [5.74, 6) is -0.342. The van der Waals surface area contributed by atoms with Crippen LogP contribution in [0.4, 0.5) is 5.69 Å². The fourth-order valence-corrected chi connectivity index (χ4v) is 2.06. The summed E-state index contributed by atoms with van der Waals surface area (Å²) in [5.41, 5.74) is 9.83. The van der Waals surface area contributed by atoms with Gasteiger partial charge in [-0.2, -0.15) is 0 Å². The molecule has 0 radical (unpaired) electrons. The van der Waals surface area contributed by atoms with E-state index in [2.05, 4.69) is 0 Å². The molecule has 4 heteroatoms. The molecule has 2 rings (SSSR count). The Morgan fingerprint density at radius 2 is 1.95 bits per heavy atom. The molecule has 0 aliphatic carbocycles. The van der Waals surface area contributed by atoms with Gasteiger partial charge in [-0.3, -0.25) is 0 Å². The molecule has 2 aromatic rings. The molecule has 3 nitrogen and oxygen atoms in total. The van der Waals surface area contributed by atoms with Gasteiger partial charge in [0.1, 0.15) is 0 Å². The van der Waals surface area contributed by atoms with Gasteiger partial charge in [-0.05, 0) is 47.9 Å². The van der Waals surface area contributed by atoms with Gasteiger partial charge in [-0.15, -0.1) is 0 Å². The number of methoxy groups -OCH3 is 1. The molecule has 0 saturated carbocycles. The summed E-state index contributed by atoms with van der Waals surface area (Å²) in [6, 6.07) is 10.9. The van der Waals surface area contributed by atoms with Crippen molar-refractivity contribution in [3.8, 4) is 11.1 Å². The number of carbonyl (C=O) groups excluding carboxylic acids is 1. The standard InChI is InChI=1S/C15H14ClNO2/c1-9-7-11(15(18)19-2)3-5-12(9)10-4-6-13(16)14(17)8-10/h3-8H,17H2,1-2H3. The molecular formula is C15H14ClNO2. The van der Waals surface area contributed by atoms with Crippen molar-refractivity contribution in [1.82, 2.24) is 0 Å². The van der Waals surface area contributed by atoms with Crippen LogP contribution >= 0.6 is 11.6 Å². The smallest absolute Gasteiger partial charge is 0.337 e. The summed E-state index contributed by atoms with van der Waals surface area (Å²) in [5, 5.41) is 0.535. The number of nitrogens with two attached hydrogens (primary N) is 1. The highest BCUT2D eigenvalue weighted by atomic mass is 35.5. The third-order valence-electron chi connectivity index (χ3n) is 2.95. The van der Waals surface area contributed by atoms with Gasteiger partial charge in [-0.1, -0.05) is 23.7 Å². The number of ether oxygens (including phenoxy) is 1. The highest BCUT2D eigenvalue weighted by Crippen LogP contribution is 2.29. The summed E-state index contributed by atoms with van der Waals surface area (Å²) < 4.78 is 4.70. The van der Waals surface area contributed by atoms with E-state index in [1.807, 2.05) is 25.1 Å². The number of hydrogen-bond acceptors (Lipinski definition) is 3. The Kier molecular flexibility index (Phi) is 3.76. The first kappa shape index (κ1) is 13.4. The van der Waals surface area contributed by atoms with Crippen molar-refractivity contribution >= 4 is 23.3 Å². The predicted molar refractivity (Wildman–Crippen MR) is 77.4 cm³/mol. The molecule has 0 spiro atoms. The van der Waals surface area contributed by atoms with E-state index in [0.29, 0.717) is 16.3 Å². The summed E-state index contributed by atoms with van der Waals surface area (Å²) in [6.45, 7) is 1.94. The van der Waals surface area contributed by atoms with E-state index in [9.17, 15) is 4.79 Å². The van der Waals surface area contributed by atoms with Crippen LogP contribution in [0.25, 0.3) is 11.1 Å². The molecule has 0 aromatic heterocycles. The molecule has 2 N–H and O–H groups in total. The van der Waals surface area contributed by atoms with E-state index >= 15 is 0 Å². The Labute approximate surface area is 117 Å². The molecule has 0 aliphatic rings. The van der Waals surface area contributed by atoms with Crippen LogP contribution in [-0.4, -0.2) is 13.1 Å². The van der Waals surface area contributed by atoms with Crippen LogP contribution < -0.4 is 5.73 Å². The normalized spacial score (nSPS) is 10.3. The maximum absolute atomic E-state index is 11.5. The second-order valence-corrected chi connectivity index (χ2v) is 4.66. The van der Waals surface area contributed by atoms with E-state index in [1.165, 1.54) is 7.11 Å². The van der Waals surface area contributed by atoms with Crippen LogP contribution in [-0.2, 0) is 4.74 Å². The van der Waals surface area contributed by atoms with Crippen molar-refractivity contribution in [2.75, 3.05) is 12.8 Å². The van der Waals surface area contributed by atoms with Gasteiger partial charge in [0, 0.05) is 0 Å². The fraction of sp³-hybridized carbons (Fsp3) is 0.133. The topological polar surface area (TPSA) is 52.3 Å². The molecule has 0 unspecified atom stereocenters. The van der Waals surface area contributed by atoms with Crippen LogP contribution in [0.1, 0.15) is 15.9 Å². The van der Waals surface area contributed by atoms with Gasteiger partial charge in [-0.25, -0.2) is 4.79 Å². The van der Waals surface area contributed by atoms with E-state index in [-0.39, 0.29) is 5.97 Å². The molecule has 19 heavy (non-hydrogen) atoms. The minimum absolute atomic E-state index is 0.342.